The monoisotopic (exact) mass is 895 g/mol. The Morgan fingerprint density at radius 1 is 0.704 bits per heavy atom. The molecule has 0 radical (unpaired) electrons. The fraction of sp³-hybridized carbons (Fsp3) is 0.333. The number of aromatic nitrogens is 4. The maximum atomic E-state index is 6.57. The number of rotatable bonds is 7. The second kappa shape index (κ2) is 14.6. The normalized spacial score (nSPS) is 12.4. The number of hydrogen-bond acceptors (Lipinski definition) is 3. The van der Waals surface area contributed by atoms with Crippen molar-refractivity contribution in [2.24, 2.45) is 0 Å². The molecule has 54 heavy (non-hydrogen) atoms. The molecule has 0 aliphatic rings. The standard InChI is InChI=1S/C48H52N4O.Pt/c1-12-16-40-44(32-26-33(46(3,4)5)28-34(27-32)47(6,7)8)45(48(9,10)11)52(50-40)35-17-15-18-36(29-35)53-37-21-22-39-38-19-13-14-20-41(38)51(42(39)30-37)43-25-31(2)23-24-49-43;/h13-15,17-28H,12,16H2,1-11H3;/q-2;+2. The quantitative estimate of drug-likeness (QED) is 0.150. The van der Waals surface area contributed by atoms with E-state index in [-0.39, 0.29) is 37.3 Å². The van der Waals surface area contributed by atoms with E-state index < -0.39 is 0 Å². The van der Waals surface area contributed by atoms with E-state index in [1.807, 2.05) is 30.5 Å². The zero-order chi connectivity index (χ0) is 37.9. The van der Waals surface area contributed by atoms with Crippen LogP contribution in [0, 0.1) is 19.1 Å². The van der Waals surface area contributed by atoms with Gasteiger partial charge in [-0.15, -0.1) is 35.7 Å². The molecular weight excluding hydrogens is 844 g/mol. The van der Waals surface area contributed by atoms with Crippen molar-refractivity contribution in [3.8, 4) is 34.1 Å². The van der Waals surface area contributed by atoms with Gasteiger partial charge in [0.25, 0.3) is 0 Å². The van der Waals surface area contributed by atoms with Crippen LogP contribution in [0.4, 0.5) is 0 Å². The van der Waals surface area contributed by atoms with Crippen molar-refractivity contribution in [3.63, 3.8) is 0 Å². The summed E-state index contributed by atoms with van der Waals surface area (Å²) in [6.45, 7) is 25.0. The van der Waals surface area contributed by atoms with Gasteiger partial charge in [0.1, 0.15) is 5.82 Å². The minimum absolute atomic E-state index is 0. The van der Waals surface area contributed by atoms with Crippen molar-refractivity contribution in [2.45, 2.75) is 105 Å². The molecule has 0 aliphatic carbocycles. The van der Waals surface area contributed by atoms with Gasteiger partial charge in [0.2, 0.25) is 0 Å². The Hall–Kier alpha value is -4.47. The van der Waals surface area contributed by atoms with E-state index in [0.29, 0.717) is 11.5 Å². The van der Waals surface area contributed by atoms with Gasteiger partial charge in [-0.05, 0) is 75.7 Å². The van der Waals surface area contributed by atoms with Crippen LogP contribution in [0.5, 0.6) is 11.5 Å². The second-order valence-corrected chi connectivity index (χ2v) is 17.5. The van der Waals surface area contributed by atoms with Crippen LogP contribution in [0.15, 0.2) is 91.1 Å². The number of para-hydroxylation sites is 1. The van der Waals surface area contributed by atoms with Crippen molar-refractivity contribution >= 4 is 21.8 Å². The smallest absolute Gasteiger partial charge is 0.509 e. The number of ether oxygens (including phenoxy) is 1. The van der Waals surface area contributed by atoms with Crippen molar-refractivity contribution in [1.82, 2.24) is 19.3 Å². The van der Waals surface area contributed by atoms with E-state index in [9.17, 15) is 0 Å². The Balaban J connectivity index is 0.00000497. The molecule has 0 bridgehead atoms. The predicted molar refractivity (Wildman–Crippen MR) is 220 cm³/mol. The number of nitrogens with zero attached hydrogens (tertiary/aromatic N) is 4. The minimum atomic E-state index is -0.214. The van der Waals surface area contributed by atoms with E-state index in [4.69, 9.17) is 14.8 Å². The van der Waals surface area contributed by atoms with Crippen molar-refractivity contribution in [2.75, 3.05) is 0 Å². The predicted octanol–water partition coefficient (Wildman–Crippen LogP) is 12.6. The summed E-state index contributed by atoms with van der Waals surface area (Å²) in [7, 11) is 0. The maximum Gasteiger partial charge on any atom is 2.00 e. The Morgan fingerprint density at radius 3 is 2.04 bits per heavy atom. The molecular formula is C48H52N4OPt. The van der Waals surface area contributed by atoms with Gasteiger partial charge in [-0.1, -0.05) is 118 Å². The Bertz CT molecular complexity index is 2430. The summed E-state index contributed by atoms with van der Waals surface area (Å²) >= 11 is 0. The van der Waals surface area contributed by atoms with Crippen LogP contribution < -0.4 is 4.74 Å². The topological polar surface area (TPSA) is 44.9 Å². The molecule has 6 heteroatoms. The first-order valence-electron chi connectivity index (χ1n) is 18.9. The number of aryl methyl sites for hydroxylation is 2. The molecule has 0 N–H and O–H groups in total. The Kier molecular flexibility index (Phi) is 10.6. The third-order valence-electron chi connectivity index (χ3n) is 10.00. The summed E-state index contributed by atoms with van der Waals surface area (Å²) in [4.78, 5) is 4.73. The summed E-state index contributed by atoms with van der Waals surface area (Å²) < 4.78 is 10.9. The second-order valence-electron chi connectivity index (χ2n) is 17.5. The van der Waals surface area contributed by atoms with E-state index in [2.05, 4.69) is 158 Å². The van der Waals surface area contributed by atoms with Crippen LogP contribution in [0.3, 0.4) is 0 Å². The number of pyridine rings is 1. The molecule has 280 valence electrons. The average molecular weight is 896 g/mol. The van der Waals surface area contributed by atoms with E-state index >= 15 is 0 Å². The summed E-state index contributed by atoms with van der Waals surface area (Å²) in [5.41, 5.74) is 11.2. The van der Waals surface area contributed by atoms with Crippen LogP contribution >= 0.6 is 0 Å². The zero-order valence-electron chi connectivity index (χ0n) is 33.6. The maximum absolute atomic E-state index is 6.57. The molecule has 3 aromatic heterocycles. The fourth-order valence-electron chi connectivity index (χ4n) is 7.24. The molecule has 7 aromatic rings. The minimum Gasteiger partial charge on any atom is -0.509 e. The van der Waals surface area contributed by atoms with Gasteiger partial charge in [0, 0.05) is 34.2 Å². The van der Waals surface area contributed by atoms with Gasteiger partial charge in [-0.25, -0.2) is 4.98 Å². The van der Waals surface area contributed by atoms with Crippen molar-refractivity contribution < 1.29 is 25.8 Å². The molecule has 0 aliphatic heterocycles. The molecule has 0 spiro atoms. The SMILES string of the molecule is CCCc1nn(-c2[c-]c(Oc3[c-]c4c(cc3)c3ccccc3n4-c3cc(C)ccn3)ccc2)c(C(C)(C)C)c1-c1cc(C(C)(C)C)cc(C(C)(C)C)c1.[Pt+2]. The summed E-state index contributed by atoms with van der Waals surface area (Å²) in [5, 5.41) is 7.62. The number of benzene rings is 4. The van der Waals surface area contributed by atoms with Crippen LogP contribution in [0.25, 0.3) is 44.4 Å². The fourth-order valence-corrected chi connectivity index (χ4v) is 7.24. The molecule has 4 aromatic carbocycles. The Labute approximate surface area is 336 Å². The van der Waals surface area contributed by atoms with Gasteiger partial charge >= 0.3 is 21.1 Å². The van der Waals surface area contributed by atoms with E-state index in [0.717, 1.165) is 57.4 Å². The third kappa shape index (κ3) is 7.58. The third-order valence-corrected chi connectivity index (χ3v) is 10.00. The largest absolute Gasteiger partial charge is 2.00 e. The van der Waals surface area contributed by atoms with Crippen molar-refractivity contribution in [3.05, 3.63) is 131 Å². The van der Waals surface area contributed by atoms with Crippen molar-refractivity contribution in [1.29, 1.82) is 0 Å². The van der Waals surface area contributed by atoms with Crippen LogP contribution in [-0.2, 0) is 43.7 Å². The molecule has 0 saturated carbocycles. The molecule has 7 rings (SSSR count). The zero-order valence-corrected chi connectivity index (χ0v) is 35.9. The summed E-state index contributed by atoms with van der Waals surface area (Å²) in [5.74, 6) is 2.07. The van der Waals surface area contributed by atoms with Gasteiger partial charge in [0.05, 0.1) is 11.4 Å². The molecule has 0 saturated heterocycles. The van der Waals surface area contributed by atoms with Crippen LogP contribution in [-0.4, -0.2) is 19.3 Å². The molecule has 5 nitrogen and oxygen atoms in total. The van der Waals surface area contributed by atoms with Crippen LogP contribution in [0.2, 0.25) is 0 Å². The van der Waals surface area contributed by atoms with E-state index in [1.165, 1.54) is 27.9 Å². The van der Waals surface area contributed by atoms with Gasteiger partial charge in [0.15, 0.2) is 0 Å². The first-order valence-corrected chi connectivity index (χ1v) is 18.9. The van der Waals surface area contributed by atoms with Gasteiger partial charge in [-0.2, -0.15) is 17.2 Å². The van der Waals surface area contributed by atoms with E-state index in [1.54, 1.807) is 0 Å². The molecule has 0 amide bonds. The molecule has 0 unspecified atom stereocenters. The van der Waals surface area contributed by atoms with Gasteiger partial charge in [-0.3, -0.25) is 4.68 Å². The molecule has 0 fully saturated rings. The first-order chi connectivity index (χ1) is 25.0. The Morgan fingerprint density at radius 2 is 1.39 bits per heavy atom. The number of hydrogen-bond donors (Lipinski definition) is 0. The van der Waals surface area contributed by atoms with Gasteiger partial charge < -0.3 is 9.30 Å². The summed E-state index contributed by atoms with van der Waals surface area (Å²) in [6.07, 6.45) is 3.74. The molecule has 0 atom stereocenters. The average Bonchev–Trinajstić information content (AvgIpc) is 3.64. The van der Waals surface area contributed by atoms with Crippen LogP contribution in [0.1, 0.15) is 104 Å². The summed E-state index contributed by atoms with van der Waals surface area (Å²) in [6, 6.07) is 37.1. The number of fused-ring (bicyclic) bond motifs is 3. The molecule has 3 heterocycles. The first kappa shape index (κ1) is 39.2.